The molecule has 156 valence electrons. The van der Waals surface area contributed by atoms with Gasteiger partial charge < -0.3 is 15.1 Å². The molecule has 0 unspecified atom stereocenters. The first kappa shape index (κ1) is 26.4. The molecule has 0 bridgehead atoms. The normalized spacial score (nSPS) is 11.7. The predicted octanol–water partition coefficient (Wildman–Crippen LogP) is 5.75. The van der Waals surface area contributed by atoms with Crippen molar-refractivity contribution in [3.63, 3.8) is 0 Å². The highest BCUT2D eigenvalue weighted by atomic mass is 32.1. The molecule has 0 aliphatic carbocycles. The smallest absolute Gasteiger partial charge is 0.371 e. The third kappa shape index (κ3) is 24.4. The highest BCUT2D eigenvalue weighted by Gasteiger charge is 2.12. The zero-order valence-electron chi connectivity index (χ0n) is 16.0. The van der Waals surface area contributed by atoms with Crippen molar-refractivity contribution in [1.29, 1.82) is 0 Å². The lowest BCUT2D eigenvalue weighted by atomic mass is 10.0. The molecular formula is C18H38NO4PS2. The van der Waals surface area contributed by atoms with Crippen molar-refractivity contribution in [3.8, 4) is 0 Å². The Bertz CT molecular complexity index is 380. The molecule has 0 aliphatic rings. The zero-order chi connectivity index (χ0) is 19.5. The lowest BCUT2D eigenvalue weighted by molar-refractivity contribution is 0.193. The SMILES string of the molecule is O=P(O)(O)OCCCCCCCCCCCCCCCCCNC(=S)S. The Morgan fingerprint density at radius 1 is 0.769 bits per heavy atom. The lowest BCUT2D eigenvalue weighted by Gasteiger charge is -2.05. The summed E-state index contributed by atoms with van der Waals surface area (Å²) < 4.78 is 15.5. The monoisotopic (exact) mass is 427 g/mol. The minimum Gasteiger partial charge on any atom is -0.371 e. The van der Waals surface area contributed by atoms with Crippen molar-refractivity contribution in [2.75, 3.05) is 13.2 Å². The maximum atomic E-state index is 10.5. The standard InChI is InChI=1S/C18H38NO4PS2/c20-24(21,22)23-17-15-13-11-9-7-5-3-1-2-4-6-8-10-12-14-16-19-18(25)26/h1-17H2,(H2,19,25,26)(H2,20,21,22). The lowest BCUT2D eigenvalue weighted by Crippen LogP contribution is -2.17. The van der Waals surface area contributed by atoms with Crippen LogP contribution >= 0.6 is 32.7 Å². The van der Waals surface area contributed by atoms with Crippen molar-refractivity contribution in [2.45, 2.75) is 96.3 Å². The Kier molecular flexibility index (Phi) is 19.0. The van der Waals surface area contributed by atoms with Crippen LogP contribution in [0.5, 0.6) is 0 Å². The van der Waals surface area contributed by atoms with Crippen LogP contribution < -0.4 is 5.32 Å². The molecule has 0 aliphatic heterocycles. The van der Waals surface area contributed by atoms with Gasteiger partial charge in [-0.05, 0) is 12.8 Å². The van der Waals surface area contributed by atoms with Crippen LogP contribution in [-0.2, 0) is 9.09 Å². The minimum atomic E-state index is -4.27. The number of hydrogen-bond donors (Lipinski definition) is 4. The molecule has 0 fully saturated rings. The fourth-order valence-corrected chi connectivity index (χ4v) is 3.48. The van der Waals surface area contributed by atoms with Gasteiger partial charge in [-0.25, -0.2) is 4.57 Å². The van der Waals surface area contributed by atoms with Crippen molar-refractivity contribution in [3.05, 3.63) is 0 Å². The molecule has 8 heteroatoms. The second-order valence-corrected chi connectivity index (χ2v) is 9.26. The molecule has 5 nitrogen and oxygen atoms in total. The van der Waals surface area contributed by atoms with E-state index in [-0.39, 0.29) is 6.61 Å². The van der Waals surface area contributed by atoms with Crippen molar-refractivity contribution < 1.29 is 18.9 Å². The van der Waals surface area contributed by atoms with E-state index in [1.807, 2.05) is 0 Å². The number of unbranched alkanes of at least 4 members (excludes halogenated alkanes) is 14. The first-order chi connectivity index (χ1) is 12.4. The van der Waals surface area contributed by atoms with Gasteiger partial charge in [0, 0.05) is 6.54 Å². The second kappa shape index (κ2) is 18.7. The number of hydrogen-bond acceptors (Lipinski definition) is 3. The molecular weight excluding hydrogens is 389 g/mol. The van der Waals surface area contributed by atoms with Gasteiger partial charge in [-0.15, -0.1) is 12.6 Å². The van der Waals surface area contributed by atoms with Gasteiger partial charge in [-0.1, -0.05) is 95.7 Å². The fraction of sp³-hybridized carbons (Fsp3) is 0.944. The van der Waals surface area contributed by atoms with Gasteiger partial charge >= 0.3 is 7.82 Å². The fourth-order valence-electron chi connectivity index (χ4n) is 2.90. The molecule has 0 radical (unpaired) electrons. The summed E-state index contributed by atoms with van der Waals surface area (Å²) in [4.78, 5) is 17.1. The molecule has 0 saturated heterocycles. The second-order valence-electron chi connectivity index (χ2n) is 6.86. The van der Waals surface area contributed by atoms with Gasteiger partial charge in [0.2, 0.25) is 0 Å². The van der Waals surface area contributed by atoms with Crippen LogP contribution in [0.25, 0.3) is 0 Å². The Labute approximate surface area is 170 Å². The summed E-state index contributed by atoms with van der Waals surface area (Å²) in [5.41, 5.74) is 0. The Morgan fingerprint density at radius 2 is 1.12 bits per heavy atom. The van der Waals surface area contributed by atoms with E-state index in [1.54, 1.807) is 0 Å². The van der Waals surface area contributed by atoms with Crippen LogP contribution in [0.2, 0.25) is 0 Å². The first-order valence-corrected chi connectivity index (χ1v) is 12.5. The molecule has 0 atom stereocenters. The van der Waals surface area contributed by atoms with Crippen molar-refractivity contribution >= 4 is 37.0 Å². The number of thiol groups is 1. The zero-order valence-corrected chi connectivity index (χ0v) is 18.6. The molecule has 0 saturated carbocycles. The van der Waals surface area contributed by atoms with E-state index in [0.717, 1.165) is 25.8 Å². The van der Waals surface area contributed by atoms with Crippen molar-refractivity contribution in [2.24, 2.45) is 0 Å². The molecule has 0 aromatic heterocycles. The van der Waals surface area contributed by atoms with E-state index in [2.05, 4.69) is 22.5 Å². The van der Waals surface area contributed by atoms with Crippen LogP contribution in [0.15, 0.2) is 0 Å². The largest absolute Gasteiger partial charge is 0.469 e. The Balaban J connectivity index is 3.05. The van der Waals surface area contributed by atoms with Crippen molar-refractivity contribution in [1.82, 2.24) is 5.32 Å². The molecule has 0 rings (SSSR count). The summed E-state index contributed by atoms with van der Waals surface area (Å²) in [5, 5.41) is 3.06. The topological polar surface area (TPSA) is 78.8 Å². The number of thiocarbonyl (C=S) groups is 1. The van der Waals surface area contributed by atoms with Gasteiger partial charge in [0.25, 0.3) is 0 Å². The van der Waals surface area contributed by atoms with E-state index in [0.29, 0.717) is 4.32 Å². The Morgan fingerprint density at radius 3 is 1.46 bits per heavy atom. The number of phosphoric acid groups is 1. The Hall–Kier alpha value is 0.350. The highest BCUT2D eigenvalue weighted by Crippen LogP contribution is 2.35. The van der Waals surface area contributed by atoms with Crippen LogP contribution in [0, 0.1) is 0 Å². The summed E-state index contributed by atoms with van der Waals surface area (Å²) in [6, 6.07) is 0. The summed E-state index contributed by atoms with van der Waals surface area (Å²) in [6.45, 7) is 1.11. The molecule has 0 amide bonds. The molecule has 26 heavy (non-hydrogen) atoms. The average molecular weight is 428 g/mol. The van der Waals surface area contributed by atoms with Gasteiger partial charge in [0.05, 0.1) is 6.61 Å². The summed E-state index contributed by atoms with van der Waals surface area (Å²) in [7, 11) is -4.27. The van der Waals surface area contributed by atoms with Gasteiger partial charge in [0.15, 0.2) is 0 Å². The van der Waals surface area contributed by atoms with E-state index < -0.39 is 7.82 Å². The number of nitrogens with one attached hydrogen (secondary N) is 1. The minimum absolute atomic E-state index is 0.158. The van der Waals surface area contributed by atoms with Crippen LogP contribution in [0.1, 0.15) is 96.3 Å². The number of rotatable bonds is 19. The van der Waals surface area contributed by atoms with Gasteiger partial charge in [-0.2, -0.15) is 0 Å². The predicted molar refractivity (Wildman–Crippen MR) is 117 cm³/mol. The van der Waals surface area contributed by atoms with Crippen LogP contribution in [0.4, 0.5) is 0 Å². The van der Waals surface area contributed by atoms with Crippen LogP contribution in [-0.4, -0.2) is 27.3 Å². The third-order valence-corrected chi connectivity index (χ3v) is 5.18. The molecule has 0 spiro atoms. The average Bonchev–Trinajstić information content (AvgIpc) is 2.55. The summed E-state index contributed by atoms with van der Waals surface area (Å²) in [5.74, 6) is 0. The highest BCUT2D eigenvalue weighted by molar-refractivity contribution is 8.11. The summed E-state index contributed by atoms with van der Waals surface area (Å²) in [6.07, 6.45) is 18.5. The molecule has 0 aromatic rings. The van der Waals surface area contributed by atoms with Crippen LogP contribution in [0.3, 0.4) is 0 Å². The summed E-state index contributed by atoms with van der Waals surface area (Å²) >= 11 is 8.88. The van der Waals surface area contributed by atoms with E-state index >= 15 is 0 Å². The van der Waals surface area contributed by atoms with Gasteiger partial charge in [-0.3, -0.25) is 4.52 Å². The molecule has 0 aromatic carbocycles. The third-order valence-electron chi connectivity index (χ3n) is 4.36. The maximum Gasteiger partial charge on any atom is 0.469 e. The van der Waals surface area contributed by atoms with Gasteiger partial charge in [0.1, 0.15) is 4.32 Å². The van der Waals surface area contributed by atoms with E-state index in [4.69, 9.17) is 22.0 Å². The number of phosphoric ester groups is 1. The molecule has 0 heterocycles. The maximum absolute atomic E-state index is 10.5. The van der Waals surface area contributed by atoms with E-state index in [9.17, 15) is 4.57 Å². The van der Waals surface area contributed by atoms with E-state index in [1.165, 1.54) is 77.0 Å². The molecule has 3 N–H and O–H groups in total. The quantitative estimate of drug-likeness (QED) is 0.0909. The first-order valence-electron chi connectivity index (χ1n) is 10.1.